The van der Waals surface area contributed by atoms with Gasteiger partial charge in [-0.05, 0) is 19.9 Å². The van der Waals surface area contributed by atoms with Gasteiger partial charge in [0.05, 0.1) is 12.7 Å². The van der Waals surface area contributed by atoms with Crippen LogP contribution >= 0.6 is 8.25 Å². The second kappa shape index (κ2) is 4.94. The Morgan fingerprint density at radius 1 is 1.75 bits per heavy atom. The molecule has 0 spiro atoms. The van der Waals surface area contributed by atoms with Crippen LogP contribution in [0.25, 0.3) is 0 Å². The number of nitrogens with one attached hydrogen (secondary N) is 1. The van der Waals surface area contributed by atoms with Gasteiger partial charge in [0.2, 0.25) is 0 Å². The summed E-state index contributed by atoms with van der Waals surface area (Å²) in [6.45, 7) is 0.215. The van der Waals surface area contributed by atoms with E-state index in [2.05, 4.69) is 9.84 Å². The van der Waals surface area contributed by atoms with Crippen molar-refractivity contribution in [3.05, 3.63) is 0 Å². The molecule has 1 fully saturated rings. The van der Waals surface area contributed by atoms with Crippen LogP contribution in [0.15, 0.2) is 0 Å². The van der Waals surface area contributed by atoms with Gasteiger partial charge < -0.3 is 14.2 Å². The molecule has 0 amide bonds. The van der Waals surface area contributed by atoms with Crippen molar-refractivity contribution in [2.24, 2.45) is 0 Å². The van der Waals surface area contributed by atoms with Crippen LogP contribution < -0.4 is 5.32 Å². The predicted octanol–water partition coefficient (Wildman–Crippen LogP) is 0.109. The van der Waals surface area contributed by atoms with Crippen LogP contribution in [0.4, 0.5) is 0 Å². The van der Waals surface area contributed by atoms with E-state index in [1.807, 2.05) is 7.05 Å². The Morgan fingerprint density at radius 2 is 2.50 bits per heavy atom. The van der Waals surface area contributed by atoms with Gasteiger partial charge in [-0.2, -0.15) is 0 Å². The molecule has 2 N–H and O–H groups in total. The highest BCUT2D eigenvalue weighted by atomic mass is 31.1. The molecular formula is C6H14NO4P. The van der Waals surface area contributed by atoms with E-state index in [0.29, 0.717) is 0 Å². The Balaban J connectivity index is 2.15. The fourth-order valence-electron chi connectivity index (χ4n) is 1.20. The van der Waals surface area contributed by atoms with Crippen LogP contribution in [0, 0.1) is 0 Å². The first-order valence-corrected chi connectivity index (χ1v) is 5.17. The normalized spacial score (nSPS) is 32.2. The summed E-state index contributed by atoms with van der Waals surface area (Å²) in [5, 5.41) is 2.97. The van der Waals surface area contributed by atoms with E-state index < -0.39 is 8.25 Å². The molecule has 0 aromatic carbocycles. The third-order valence-corrected chi connectivity index (χ3v) is 2.24. The lowest BCUT2D eigenvalue weighted by atomic mass is 10.2. The van der Waals surface area contributed by atoms with E-state index in [1.54, 1.807) is 0 Å². The third kappa shape index (κ3) is 3.21. The number of ether oxygens (including phenoxy) is 1. The molecule has 0 bridgehead atoms. The number of rotatable bonds is 4. The van der Waals surface area contributed by atoms with Crippen molar-refractivity contribution < 1.29 is 18.7 Å². The average Bonchev–Trinajstić information content (AvgIpc) is 2.48. The van der Waals surface area contributed by atoms with E-state index in [4.69, 9.17) is 9.63 Å². The summed E-state index contributed by atoms with van der Waals surface area (Å²) >= 11 is 0. The van der Waals surface area contributed by atoms with Crippen LogP contribution in [0.5, 0.6) is 0 Å². The highest BCUT2D eigenvalue weighted by molar-refractivity contribution is 7.32. The van der Waals surface area contributed by atoms with Gasteiger partial charge in [0.25, 0.3) is 0 Å². The van der Waals surface area contributed by atoms with Gasteiger partial charge in [-0.3, -0.25) is 9.88 Å². The van der Waals surface area contributed by atoms with Gasteiger partial charge in [0, 0.05) is 0 Å². The second-order valence-corrected chi connectivity index (χ2v) is 3.51. The Bertz CT molecular complexity index is 166. The third-order valence-electron chi connectivity index (χ3n) is 1.82. The monoisotopic (exact) mass is 195 g/mol. The minimum absolute atomic E-state index is 0.0384. The molecule has 72 valence electrons. The first kappa shape index (κ1) is 10.2. The minimum atomic E-state index is -2.80. The van der Waals surface area contributed by atoms with E-state index in [0.717, 1.165) is 12.8 Å². The Kier molecular flexibility index (Phi) is 4.18. The Hall–Kier alpha value is 0.0700. The Labute approximate surface area is 72.0 Å². The van der Waals surface area contributed by atoms with Gasteiger partial charge in [-0.1, -0.05) is 0 Å². The molecule has 5 nitrogen and oxygen atoms in total. The van der Waals surface area contributed by atoms with Crippen molar-refractivity contribution in [1.29, 1.82) is 0 Å². The zero-order valence-electron chi connectivity index (χ0n) is 6.95. The summed E-state index contributed by atoms with van der Waals surface area (Å²) in [6.07, 6.45) is 1.83. The quantitative estimate of drug-likeness (QED) is 0.623. The minimum Gasteiger partial charge on any atom is -0.358 e. The maximum absolute atomic E-state index is 10.2. The zero-order valence-corrected chi connectivity index (χ0v) is 7.95. The highest BCUT2D eigenvalue weighted by Gasteiger charge is 2.24. The summed E-state index contributed by atoms with van der Waals surface area (Å²) in [5.41, 5.74) is 0. The maximum Gasteiger partial charge on any atom is 0.316 e. The first-order chi connectivity index (χ1) is 5.72. The molecular weight excluding hydrogens is 181 g/mol. The Morgan fingerprint density at radius 3 is 3.00 bits per heavy atom. The zero-order chi connectivity index (χ0) is 8.97. The summed E-state index contributed by atoms with van der Waals surface area (Å²) in [4.78, 5) is 8.39. The number of hydrogen-bond acceptors (Lipinski definition) is 4. The van der Waals surface area contributed by atoms with Crippen molar-refractivity contribution in [2.45, 2.75) is 25.2 Å². The molecule has 1 heterocycles. The summed E-state index contributed by atoms with van der Waals surface area (Å²) in [6, 6.07) is 0. The van der Waals surface area contributed by atoms with E-state index in [9.17, 15) is 4.57 Å². The molecule has 3 atom stereocenters. The summed E-state index contributed by atoms with van der Waals surface area (Å²) < 4.78 is 20.2. The second-order valence-electron chi connectivity index (χ2n) is 2.69. The molecule has 1 rings (SSSR count). The van der Waals surface area contributed by atoms with Gasteiger partial charge in [0.1, 0.15) is 6.23 Å². The van der Waals surface area contributed by atoms with Crippen molar-refractivity contribution in [1.82, 2.24) is 5.32 Å². The molecule has 0 aromatic rings. The standard InChI is InChI=1S/C6H14NO4P/c1-7-6-3-2-5(11-6)4-10-12(8)9/h5-7,12H,2-4H2,1H3,(H,8,9)/t5-,6+/m0/s1. The van der Waals surface area contributed by atoms with Gasteiger partial charge in [-0.15, -0.1) is 0 Å². The topological polar surface area (TPSA) is 67.8 Å². The predicted molar refractivity (Wildman–Crippen MR) is 44.1 cm³/mol. The average molecular weight is 195 g/mol. The van der Waals surface area contributed by atoms with Crippen molar-refractivity contribution in [3.63, 3.8) is 0 Å². The lowest BCUT2D eigenvalue weighted by molar-refractivity contribution is 0.00571. The summed E-state index contributed by atoms with van der Waals surface area (Å²) in [5.74, 6) is 0. The molecule has 1 unspecified atom stereocenters. The maximum atomic E-state index is 10.2. The van der Waals surface area contributed by atoms with Crippen LogP contribution in [0.3, 0.4) is 0 Å². The lowest BCUT2D eigenvalue weighted by Gasteiger charge is -2.11. The molecule has 1 aliphatic heterocycles. The molecule has 1 aliphatic rings. The molecule has 6 heteroatoms. The van der Waals surface area contributed by atoms with Crippen LogP contribution in [-0.2, 0) is 13.8 Å². The van der Waals surface area contributed by atoms with Crippen LogP contribution in [0.1, 0.15) is 12.8 Å². The smallest absolute Gasteiger partial charge is 0.316 e. The number of hydrogen-bond donors (Lipinski definition) is 2. The first-order valence-electron chi connectivity index (χ1n) is 3.91. The van der Waals surface area contributed by atoms with E-state index in [1.165, 1.54) is 0 Å². The van der Waals surface area contributed by atoms with Gasteiger partial charge >= 0.3 is 8.25 Å². The molecule has 12 heavy (non-hydrogen) atoms. The summed E-state index contributed by atoms with van der Waals surface area (Å²) in [7, 11) is -0.974. The van der Waals surface area contributed by atoms with E-state index >= 15 is 0 Å². The molecule has 1 saturated heterocycles. The van der Waals surface area contributed by atoms with Crippen molar-refractivity contribution >= 4 is 8.25 Å². The van der Waals surface area contributed by atoms with Crippen molar-refractivity contribution in [2.75, 3.05) is 13.7 Å². The highest BCUT2D eigenvalue weighted by Crippen LogP contribution is 2.22. The van der Waals surface area contributed by atoms with Crippen LogP contribution in [-0.4, -0.2) is 30.9 Å². The fourth-order valence-corrected chi connectivity index (χ4v) is 1.53. The fraction of sp³-hybridized carbons (Fsp3) is 1.00. The van der Waals surface area contributed by atoms with Gasteiger partial charge in [0.15, 0.2) is 0 Å². The van der Waals surface area contributed by atoms with E-state index in [-0.39, 0.29) is 18.9 Å². The van der Waals surface area contributed by atoms with Crippen LogP contribution in [0.2, 0.25) is 0 Å². The SMILES string of the molecule is CN[C@H]1CC[C@@H](CO[PH](=O)O)O1. The molecule has 0 radical (unpaired) electrons. The van der Waals surface area contributed by atoms with Crippen molar-refractivity contribution in [3.8, 4) is 0 Å². The largest absolute Gasteiger partial charge is 0.358 e. The van der Waals surface area contributed by atoms with Gasteiger partial charge in [-0.25, -0.2) is 0 Å². The molecule has 0 saturated carbocycles. The molecule has 0 aliphatic carbocycles. The molecule has 0 aromatic heterocycles. The lowest BCUT2D eigenvalue weighted by Crippen LogP contribution is -2.26.